The third kappa shape index (κ3) is 3.31. The molecular weight excluding hydrogens is 340 g/mol. The fourth-order valence-electron chi connectivity index (χ4n) is 2.89. The molecule has 1 aromatic carbocycles. The maximum atomic E-state index is 12.8. The number of carbonyl (C=O) groups is 1. The molecule has 2 rings (SSSR count). The molecule has 3 atom stereocenters. The van der Waals surface area contributed by atoms with E-state index < -0.39 is 16.8 Å². The zero-order valence-electron chi connectivity index (χ0n) is 11.5. The number of hydrogen-bond donors (Lipinski definition) is 1. The Morgan fingerprint density at radius 1 is 1.40 bits per heavy atom. The molecule has 5 heteroatoms. The molecule has 0 aromatic heterocycles. The average molecular weight is 359 g/mol. The summed E-state index contributed by atoms with van der Waals surface area (Å²) in [5.41, 5.74) is 0.180. The second kappa shape index (κ2) is 6.85. The van der Waals surface area contributed by atoms with Crippen LogP contribution in [0, 0.1) is 5.92 Å². The van der Waals surface area contributed by atoms with E-state index in [1.807, 2.05) is 0 Å². The Morgan fingerprint density at radius 2 is 2.10 bits per heavy atom. The van der Waals surface area contributed by atoms with Gasteiger partial charge in [0.25, 0.3) is 0 Å². The monoisotopic (exact) mass is 358 g/mol. The van der Waals surface area contributed by atoms with Gasteiger partial charge in [0, 0.05) is 14.6 Å². The molecule has 3 nitrogen and oxygen atoms in total. The van der Waals surface area contributed by atoms with Crippen molar-refractivity contribution in [2.75, 3.05) is 0 Å². The van der Waals surface area contributed by atoms with Gasteiger partial charge in [-0.2, -0.15) is 0 Å². The van der Waals surface area contributed by atoms with E-state index in [2.05, 4.69) is 22.9 Å². The standard InChI is InChI=1S/C15H19BrO3S/c1-2-10-5-3-4-6-14(10)20(19)11-7-8-13(16)12(9-11)15(17)18/h7-10,14H,2-6H2,1H3,(H,17,18). The van der Waals surface area contributed by atoms with Gasteiger partial charge < -0.3 is 5.11 Å². The number of carboxylic acid groups (broad SMARTS) is 1. The third-order valence-electron chi connectivity index (χ3n) is 4.04. The van der Waals surface area contributed by atoms with Gasteiger partial charge >= 0.3 is 5.97 Å². The van der Waals surface area contributed by atoms with Crippen LogP contribution in [0.2, 0.25) is 0 Å². The van der Waals surface area contributed by atoms with Crippen molar-refractivity contribution in [3.05, 3.63) is 28.2 Å². The summed E-state index contributed by atoms with van der Waals surface area (Å²) < 4.78 is 13.3. The predicted molar refractivity (Wildman–Crippen MR) is 83.5 cm³/mol. The highest BCUT2D eigenvalue weighted by atomic mass is 79.9. The van der Waals surface area contributed by atoms with Crippen molar-refractivity contribution in [1.29, 1.82) is 0 Å². The highest BCUT2D eigenvalue weighted by molar-refractivity contribution is 9.10. The molecule has 3 unspecified atom stereocenters. The van der Waals surface area contributed by atoms with Gasteiger partial charge in [0.05, 0.1) is 16.4 Å². The molecular formula is C15H19BrO3S. The van der Waals surface area contributed by atoms with Crippen LogP contribution in [0.4, 0.5) is 0 Å². The Hall–Kier alpha value is -0.680. The first-order valence-corrected chi connectivity index (χ1v) is 8.98. The lowest BCUT2D eigenvalue weighted by atomic mass is 9.87. The van der Waals surface area contributed by atoms with E-state index in [0.717, 1.165) is 25.7 Å². The Balaban J connectivity index is 2.28. The van der Waals surface area contributed by atoms with Gasteiger partial charge in [-0.25, -0.2) is 4.79 Å². The molecule has 0 saturated heterocycles. The van der Waals surface area contributed by atoms with Gasteiger partial charge in [0.2, 0.25) is 0 Å². The van der Waals surface area contributed by atoms with Crippen LogP contribution in [0.25, 0.3) is 0 Å². The van der Waals surface area contributed by atoms with Gasteiger partial charge in [-0.05, 0) is 52.9 Å². The molecule has 0 aliphatic heterocycles. The highest BCUT2D eigenvalue weighted by Gasteiger charge is 2.29. The lowest BCUT2D eigenvalue weighted by Crippen LogP contribution is -2.28. The summed E-state index contributed by atoms with van der Waals surface area (Å²) in [7, 11) is -1.12. The van der Waals surface area contributed by atoms with Crippen LogP contribution in [-0.4, -0.2) is 20.5 Å². The molecule has 0 heterocycles. The first kappa shape index (κ1) is 15.7. The summed E-state index contributed by atoms with van der Waals surface area (Å²) in [6, 6.07) is 5.00. The number of carboxylic acids is 1. The molecule has 0 radical (unpaired) electrons. The van der Waals surface area contributed by atoms with Crippen molar-refractivity contribution in [3.63, 3.8) is 0 Å². The molecule has 1 aliphatic rings. The molecule has 1 saturated carbocycles. The van der Waals surface area contributed by atoms with Gasteiger partial charge in [0.15, 0.2) is 0 Å². The van der Waals surface area contributed by atoms with Crippen LogP contribution in [0.1, 0.15) is 49.4 Å². The van der Waals surface area contributed by atoms with E-state index in [1.165, 1.54) is 6.42 Å². The zero-order valence-corrected chi connectivity index (χ0v) is 13.9. The molecule has 1 aliphatic carbocycles. The van der Waals surface area contributed by atoms with Crippen molar-refractivity contribution in [2.24, 2.45) is 5.92 Å². The molecule has 0 amide bonds. The fourth-order valence-corrected chi connectivity index (χ4v) is 5.15. The van der Waals surface area contributed by atoms with Crippen LogP contribution in [0.15, 0.2) is 27.6 Å². The Morgan fingerprint density at radius 3 is 2.75 bits per heavy atom. The maximum Gasteiger partial charge on any atom is 0.336 e. The predicted octanol–water partition coefficient (Wildman–Crippen LogP) is 4.22. The zero-order chi connectivity index (χ0) is 14.7. The first-order valence-electron chi connectivity index (χ1n) is 6.98. The Labute approximate surface area is 130 Å². The molecule has 1 aromatic rings. The number of benzene rings is 1. The largest absolute Gasteiger partial charge is 0.478 e. The lowest BCUT2D eigenvalue weighted by molar-refractivity contribution is 0.0695. The van der Waals surface area contributed by atoms with Crippen molar-refractivity contribution in [1.82, 2.24) is 0 Å². The number of halogens is 1. The van der Waals surface area contributed by atoms with Gasteiger partial charge in [-0.1, -0.05) is 26.2 Å². The summed E-state index contributed by atoms with van der Waals surface area (Å²) in [4.78, 5) is 11.8. The van der Waals surface area contributed by atoms with Crippen LogP contribution >= 0.6 is 15.9 Å². The molecule has 20 heavy (non-hydrogen) atoms. The van der Waals surface area contributed by atoms with Crippen LogP contribution in [-0.2, 0) is 10.8 Å². The fraction of sp³-hybridized carbons (Fsp3) is 0.533. The highest BCUT2D eigenvalue weighted by Crippen LogP contribution is 2.33. The summed E-state index contributed by atoms with van der Waals surface area (Å²) in [5.74, 6) is -0.507. The quantitative estimate of drug-likeness (QED) is 0.876. The molecule has 110 valence electrons. The van der Waals surface area contributed by atoms with Gasteiger partial charge in [0.1, 0.15) is 0 Å². The van der Waals surface area contributed by atoms with Gasteiger partial charge in [-0.15, -0.1) is 0 Å². The number of hydrogen-bond acceptors (Lipinski definition) is 2. The molecule has 1 N–H and O–H groups in total. The maximum absolute atomic E-state index is 12.8. The summed E-state index contributed by atoms with van der Waals surface area (Å²) in [5, 5.41) is 9.31. The Kier molecular flexibility index (Phi) is 5.38. The smallest absolute Gasteiger partial charge is 0.336 e. The third-order valence-corrected chi connectivity index (χ3v) is 6.62. The van der Waals surface area contributed by atoms with Crippen molar-refractivity contribution in [2.45, 2.75) is 49.2 Å². The number of rotatable bonds is 4. The van der Waals surface area contributed by atoms with Crippen molar-refractivity contribution < 1.29 is 14.1 Å². The minimum absolute atomic E-state index is 0.163. The van der Waals surface area contributed by atoms with Crippen LogP contribution in [0.5, 0.6) is 0 Å². The van der Waals surface area contributed by atoms with Crippen molar-refractivity contribution >= 4 is 32.7 Å². The van der Waals surface area contributed by atoms with E-state index in [0.29, 0.717) is 15.3 Å². The minimum Gasteiger partial charge on any atom is -0.478 e. The normalized spacial score (nSPS) is 24.3. The van der Waals surface area contributed by atoms with E-state index >= 15 is 0 Å². The average Bonchev–Trinajstić information content (AvgIpc) is 2.46. The minimum atomic E-state index is -1.12. The topological polar surface area (TPSA) is 54.4 Å². The first-order chi connectivity index (χ1) is 9.54. The molecule has 1 fully saturated rings. The number of aromatic carboxylic acids is 1. The lowest BCUT2D eigenvalue weighted by Gasteiger charge is -2.30. The van der Waals surface area contributed by atoms with Gasteiger partial charge in [-0.3, -0.25) is 4.21 Å². The van der Waals surface area contributed by atoms with E-state index in [4.69, 9.17) is 5.11 Å². The summed E-state index contributed by atoms with van der Waals surface area (Å²) in [6.07, 6.45) is 5.49. The second-order valence-corrected chi connectivity index (χ2v) is 7.76. The van der Waals surface area contributed by atoms with E-state index in [9.17, 15) is 9.00 Å². The summed E-state index contributed by atoms with van der Waals surface area (Å²) >= 11 is 3.22. The van der Waals surface area contributed by atoms with E-state index in [1.54, 1.807) is 18.2 Å². The van der Waals surface area contributed by atoms with Crippen molar-refractivity contribution in [3.8, 4) is 0 Å². The summed E-state index contributed by atoms with van der Waals surface area (Å²) in [6.45, 7) is 2.14. The van der Waals surface area contributed by atoms with Crippen LogP contribution < -0.4 is 0 Å². The molecule has 0 spiro atoms. The Bertz CT molecular complexity index is 530. The molecule has 0 bridgehead atoms. The SMILES string of the molecule is CCC1CCCCC1S(=O)c1ccc(Br)c(C(=O)O)c1. The van der Waals surface area contributed by atoms with Crippen LogP contribution in [0.3, 0.4) is 0 Å². The van der Waals surface area contributed by atoms with E-state index in [-0.39, 0.29) is 10.8 Å². The second-order valence-electron chi connectivity index (χ2n) is 5.24.